The lowest BCUT2D eigenvalue weighted by atomic mass is 10.3. The Morgan fingerprint density at radius 2 is 1.69 bits per heavy atom. The van der Waals surface area contributed by atoms with Crippen LogP contribution in [0, 0.1) is 0 Å². The summed E-state index contributed by atoms with van der Waals surface area (Å²) >= 11 is 0. The molecule has 96 valence electrons. The van der Waals surface area contributed by atoms with Gasteiger partial charge < -0.3 is 22.8 Å². The van der Waals surface area contributed by atoms with E-state index in [-0.39, 0.29) is 0 Å². The molecule has 0 aromatic heterocycles. The molecule has 0 aliphatic carbocycles. The van der Waals surface area contributed by atoms with E-state index in [1.54, 1.807) is 14.2 Å². The summed E-state index contributed by atoms with van der Waals surface area (Å²) in [5.41, 5.74) is 0. The van der Waals surface area contributed by atoms with Gasteiger partial charge in [0.05, 0.1) is 0 Å². The van der Waals surface area contributed by atoms with Crippen LogP contribution in [0.3, 0.4) is 0 Å². The molecule has 0 atom stereocenters. The average molecular weight is 250 g/mol. The van der Waals surface area contributed by atoms with Crippen molar-refractivity contribution in [3.63, 3.8) is 0 Å². The third kappa shape index (κ3) is 3.03. The van der Waals surface area contributed by atoms with Gasteiger partial charge in [-0.05, 0) is 20.3 Å². The molecule has 16 heavy (non-hydrogen) atoms. The molecular weight excluding hydrogens is 228 g/mol. The topological polar surface area (TPSA) is 46.2 Å². The molecule has 1 rings (SSSR count). The van der Waals surface area contributed by atoms with E-state index < -0.39 is 14.8 Å². The van der Waals surface area contributed by atoms with E-state index in [9.17, 15) is 0 Å². The Labute approximate surface area is 98.3 Å². The van der Waals surface area contributed by atoms with Gasteiger partial charge in [0.2, 0.25) is 0 Å². The largest absolute Gasteiger partial charge is 0.504 e. The van der Waals surface area contributed by atoms with E-state index in [0.29, 0.717) is 13.2 Å². The summed E-state index contributed by atoms with van der Waals surface area (Å²) in [6.45, 7) is 4.92. The first-order chi connectivity index (χ1) is 7.66. The van der Waals surface area contributed by atoms with Crippen LogP contribution in [0.5, 0.6) is 0 Å². The van der Waals surface area contributed by atoms with Crippen LogP contribution >= 0.6 is 0 Å². The summed E-state index contributed by atoms with van der Waals surface area (Å²) in [6.07, 6.45) is 1.64. The monoisotopic (exact) mass is 250 g/mol. The molecule has 1 aliphatic rings. The molecule has 0 aromatic carbocycles. The van der Waals surface area contributed by atoms with Gasteiger partial charge in [0.1, 0.15) is 0 Å². The highest BCUT2D eigenvalue weighted by atomic mass is 28.4. The van der Waals surface area contributed by atoms with E-state index in [1.807, 2.05) is 13.8 Å². The maximum Gasteiger partial charge on any atom is 0.504 e. The number of ether oxygens (including phenoxy) is 2. The first-order valence-corrected chi connectivity index (χ1v) is 7.67. The molecule has 0 aromatic rings. The van der Waals surface area contributed by atoms with Gasteiger partial charge in [-0.15, -0.1) is 0 Å². The van der Waals surface area contributed by atoms with Gasteiger partial charge in [0.15, 0.2) is 0 Å². The lowest BCUT2D eigenvalue weighted by molar-refractivity contribution is -0.364. The van der Waals surface area contributed by atoms with Crippen molar-refractivity contribution in [2.24, 2.45) is 0 Å². The second kappa shape index (κ2) is 6.09. The maximum absolute atomic E-state index is 5.89. The molecule has 0 bridgehead atoms. The van der Waals surface area contributed by atoms with E-state index in [1.165, 1.54) is 0 Å². The third-order valence-electron chi connectivity index (χ3n) is 2.63. The van der Waals surface area contributed by atoms with Crippen LogP contribution in [-0.2, 0) is 22.8 Å². The van der Waals surface area contributed by atoms with Crippen molar-refractivity contribution in [3.05, 3.63) is 0 Å². The van der Waals surface area contributed by atoms with Gasteiger partial charge in [-0.1, -0.05) is 0 Å². The van der Waals surface area contributed by atoms with E-state index in [0.717, 1.165) is 18.9 Å². The van der Waals surface area contributed by atoms with Crippen molar-refractivity contribution in [2.45, 2.75) is 38.7 Å². The molecular formula is C10H22O5Si. The molecule has 1 fully saturated rings. The van der Waals surface area contributed by atoms with Crippen LogP contribution in [0.15, 0.2) is 0 Å². The highest BCUT2D eigenvalue weighted by Gasteiger charge is 2.52. The SMILES string of the molecule is CCOC1(OCC)CCC[Si](OC)(OC)O1. The van der Waals surface area contributed by atoms with Gasteiger partial charge in [-0.2, -0.15) is 0 Å². The Morgan fingerprint density at radius 1 is 1.12 bits per heavy atom. The molecule has 1 saturated heterocycles. The Morgan fingerprint density at radius 3 is 2.12 bits per heavy atom. The molecule has 1 aliphatic heterocycles. The van der Waals surface area contributed by atoms with Gasteiger partial charge >= 0.3 is 8.80 Å². The quantitative estimate of drug-likeness (QED) is 0.531. The fourth-order valence-electron chi connectivity index (χ4n) is 1.92. The van der Waals surface area contributed by atoms with Crippen molar-refractivity contribution in [2.75, 3.05) is 27.4 Å². The predicted octanol–water partition coefficient (Wildman–Crippen LogP) is 1.76. The minimum atomic E-state index is -2.59. The summed E-state index contributed by atoms with van der Waals surface area (Å²) in [4.78, 5) is 0. The normalized spacial score (nSPS) is 23.2. The lowest BCUT2D eigenvalue weighted by Crippen LogP contribution is -2.57. The Balaban J connectivity index is 2.77. The van der Waals surface area contributed by atoms with Gasteiger partial charge in [-0.25, -0.2) is 0 Å². The molecule has 0 spiro atoms. The predicted molar refractivity (Wildman–Crippen MR) is 60.9 cm³/mol. The molecule has 0 amide bonds. The van der Waals surface area contributed by atoms with Crippen LogP contribution in [0.25, 0.3) is 0 Å². The van der Waals surface area contributed by atoms with Gasteiger partial charge in [0, 0.05) is 39.9 Å². The van der Waals surface area contributed by atoms with Crippen molar-refractivity contribution in [1.82, 2.24) is 0 Å². The van der Waals surface area contributed by atoms with Crippen LogP contribution in [0.2, 0.25) is 6.04 Å². The zero-order valence-electron chi connectivity index (χ0n) is 10.6. The van der Waals surface area contributed by atoms with Crippen LogP contribution < -0.4 is 0 Å². The van der Waals surface area contributed by atoms with E-state index >= 15 is 0 Å². The second-order valence-corrected chi connectivity index (χ2v) is 6.48. The summed E-state index contributed by atoms with van der Waals surface area (Å²) in [6, 6.07) is 0.807. The zero-order chi connectivity index (χ0) is 12.1. The molecule has 0 unspecified atom stereocenters. The van der Waals surface area contributed by atoms with Gasteiger partial charge in [-0.3, -0.25) is 0 Å². The third-order valence-corrected chi connectivity index (χ3v) is 5.46. The first-order valence-electron chi connectivity index (χ1n) is 5.74. The molecule has 5 nitrogen and oxygen atoms in total. The molecule has 6 heteroatoms. The molecule has 0 saturated carbocycles. The Hall–Kier alpha value is 0.0169. The summed E-state index contributed by atoms with van der Waals surface area (Å²) in [7, 11) is 0.639. The van der Waals surface area contributed by atoms with Crippen molar-refractivity contribution < 1.29 is 22.8 Å². The number of hydrogen-bond acceptors (Lipinski definition) is 5. The maximum atomic E-state index is 5.89. The van der Waals surface area contributed by atoms with Crippen LogP contribution in [-0.4, -0.2) is 42.2 Å². The highest BCUT2D eigenvalue weighted by molar-refractivity contribution is 6.60. The minimum Gasteiger partial charge on any atom is -0.377 e. The lowest BCUT2D eigenvalue weighted by Gasteiger charge is -2.42. The fraction of sp³-hybridized carbons (Fsp3) is 1.00. The van der Waals surface area contributed by atoms with Crippen LogP contribution in [0.4, 0.5) is 0 Å². The average Bonchev–Trinajstić information content (AvgIpc) is 2.30. The second-order valence-electron chi connectivity index (χ2n) is 3.60. The van der Waals surface area contributed by atoms with Crippen molar-refractivity contribution in [3.8, 4) is 0 Å². The van der Waals surface area contributed by atoms with Crippen molar-refractivity contribution >= 4 is 8.80 Å². The molecule has 1 heterocycles. The fourth-order valence-corrected chi connectivity index (χ4v) is 4.06. The van der Waals surface area contributed by atoms with Crippen molar-refractivity contribution in [1.29, 1.82) is 0 Å². The minimum absolute atomic E-state index is 0.540. The van der Waals surface area contributed by atoms with E-state index in [4.69, 9.17) is 22.8 Å². The number of rotatable bonds is 6. The summed E-state index contributed by atoms with van der Waals surface area (Å²) in [5.74, 6) is -0.972. The standard InChI is InChI=1S/C10H22O5Si/c1-5-13-10(14-6-2)8-7-9-16(11-3,12-4)15-10/h5-9H2,1-4H3. The smallest absolute Gasteiger partial charge is 0.377 e. The van der Waals surface area contributed by atoms with Crippen LogP contribution in [0.1, 0.15) is 26.7 Å². The first kappa shape index (κ1) is 14.1. The molecule has 0 radical (unpaired) electrons. The summed E-state index contributed by atoms with van der Waals surface area (Å²) in [5, 5.41) is 0. The Kier molecular flexibility index (Phi) is 5.36. The number of hydrogen-bond donors (Lipinski definition) is 0. The Bertz CT molecular complexity index is 196. The van der Waals surface area contributed by atoms with E-state index in [2.05, 4.69) is 0 Å². The highest BCUT2D eigenvalue weighted by Crippen LogP contribution is 2.36. The van der Waals surface area contributed by atoms with Gasteiger partial charge in [0.25, 0.3) is 5.97 Å². The summed E-state index contributed by atoms with van der Waals surface area (Å²) < 4.78 is 27.9. The zero-order valence-corrected chi connectivity index (χ0v) is 11.6. The molecule has 0 N–H and O–H groups in total.